The highest BCUT2D eigenvalue weighted by molar-refractivity contribution is 6.31. The van der Waals surface area contributed by atoms with Gasteiger partial charge in [-0.15, -0.1) is 0 Å². The minimum Gasteiger partial charge on any atom is -0.481 e. The largest absolute Gasteiger partial charge is 0.481 e. The number of likely N-dealkylation sites (tertiary alicyclic amines) is 1. The Hall–Kier alpha value is -1.13. The van der Waals surface area contributed by atoms with Crippen molar-refractivity contribution < 1.29 is 14.3 Å². The maximum atomic E-state index is 13.1. The number of carboxylic acid groups (broad SMARTS) is 1. The van der Waals surface area contributed by atoms with Crippen LogP contribution in [0.3, 0.4) is 0 Å². The van der Waals surface area contributed by atoms with Crippen LogP contribution in [-0.4, -0.2) is 34.6 Å². The average molecular weight is 300 g/mol. The first-order valence-electron chi connectivity index (χ1n) is 6.63. The molecule has 1 aliphatic heterocycles. The summed E-state index contributed by atoms with van der Waals surface area (Å²) in [6, 6.07) is 4.18. The molecule has 2 rings (SSSR count). The van der Waals surface area contributed by atoms with Gasteiger partial charge in [0.25, 0.3) is 0 Å². The smallest absolute Gasteiger partial charge is 0.308 e. The molecule has 1 fully saturated rings. The zero-order chi connectivity index (χ0) is 15.1. The van der Waals surface area contributed by atoms with Gasteiger partial charge in [0.1, 0.15) is 5.82 Å². The Labute approximate surface area is 123 Å². The molecule has 1 saturated heterocycles. The summed E-state index contributed by atoms with van der Waals surface area (Å²) in [6.45, 7) is 7.27. The van der Waals surface area contributed by atoms with Gasteiger partial charge in [0.15, 0.2) is 0 Å². The van der Waals surface area contributed by atoms with Crippen molar-refractivity contribution in [1.29, 1.82) is 0 Å². The standard InChI is InChI=1S/C15H19ClFNO2/c1-15(2,3)18-7-11(12(8-18)14(19)20)10-5-4-9(17)6-13(10)16/h4-6,11-12H,7-8H2,1-3H3,(H,19,20)/t11-,12+/m0/s1. The van der Waals surface area contributed by atoms with Gasteiger partial charge >= 0.3 is 5.97 Å². The van der Waals surface area contributed by atoms with E-state index < -0.39 is 17.7 Å². The van der Waals surface area contributed by atoms with E-state index in [1.807, 2.05) is 0 Å². The van der Waals surface area contributed by atoms with Crippen molar-refractivity contribution in [1.82, 2.24) is 4.90 Å². The minimum absolute atomic E-state index is 0.102. The lowest BCUT2D eigenvalue weighted by molar-refractivity contribution is -0.141. The Balaban J connectivity index is 2.35. The monoisotopic (exact) mass is 299 g/mol. The van der Waals surface area contributed by atoms with Gasteiger partial charge in [-0.1, -0.05) is 17.7 Å². The quantitative estimate of drug-likeness (QED) is 0.910. The summed E-state index contributed by atoms with van der Waals surface area (Å²) in [5.41, 5.74) is 0.613. The van der Waals surface area contributed by atoms with Gasteiger partial charge in [-0.3, -0.25) is 9.69 Å². The highest BCUT2D eigenvalue weighted by Gasteiger charge is 2.42. The zero-order valence-electron chi connectivity index (χ0n) is 11.9. The molecule has 0 amide bonds. The van der Waals surface area contributed by atoms with E-state index in [9.17, 15) is 14.3 Å². The van der Waals surface area contributed by atoms with Crippen molar-refractivity contribution in [2.24, 2.45) is 5.92 Å². The molecule has 0 aliphatic carbocycles. The van der Waals surface area contributed by atoms with Crippen LogP contribution in [0.4, 0.5) is 4.39 Å². The van der Waals surface area contributed by atoms with Gasteiger partial charge in [0, 0.05) is 29.6 Å². The predicted molar refractivity (Wildman–Crippen MR) is 76.6 cm³/mol. The van der Waals surface area contributed by atoms with Crippen molar-refractivity contribution in [3.05, 3.63) is 34.6 Å². The Kier molecular flexibility index (Phi) is 4.07. The van der Waals surface area contributed by atoms with E-state index in [2.05, 4.69) is 25.7 Å². The molecule has 0 spiro atoms. The SMILES string of the molecule is CC(C)(C)N1C[C@@H](C(=O)O)[C@H](c2ccc(F)cc2Cl)C1. The number of aliphatic carboxylic acids is 1. The second-order valence-corrected chi connectivity index (χ2v) is 6.70. The fourth-order valence-corrected chi connectivity index (χ4v) is 3.03. The molecule has 3 nitrogen and oxygen atoms in total. The van der Waals surface area contributed by atoms with Gasteiger partial charge in [-0.25, -0.2) is 4.39 Å². The Morgan fingerprint density at radius 2 is 2.05 bits per heavy atom. The molecule has 1 N–H and O–H groups in total. The Bertz CT molecular complexity index is 527. The highest BCUT2D eigenvalue weighted by Crippen LogP contribution is 2.39. The van der Waals surface area contributed by atoms with E-state index in [4.69, 9.17) is 11.6 Å². The maximum Gasteiger partial charge on any atom is 0.308 e. The lowest BCUT2D eigenvalue weighted by Crippen LogP contribution is -2.40. The van der Waals surface area contributed by atoms with Gasteiger partial charge < -0.3 is 5.11 Å². The van der Waals surface area contributed by atoms with Crippen LogP contribution < -0.4 is 0 Å². The number of carbonyl (C=O) groups is 1. The zero-order valence-corrected chi connectivity index (χ0v) is 12.6. The fraction of sp³-hybridized carbons (Fsp3) is 0.533. The lowest BCUT2D eigenvalue weighted by atomic mass is 9.89. The summed E-state index contributed by atoms with van der Waals surface area (Å²) < 4.78 is 13.1. The normalized spacial score (nSPS) is 24.1. The Morgan fingerprint density at radius 3 is 2.55 bits per heavy atom. The summed E-state index contributed by atoms with van der Waals surface area (Å²) in [7, 11) is 0. The van der Waals surface area contributed by atoms with Crippen LogP contribution in [0.15, 0.2) is 18.2 Å². The molecule has 0 radical (unpaired) electrons. The van der Waals surface area contributed by atoms with Gasteiger partial charge in [0.2, 0.25) is 0 Å². The first-order valence-corrected chi connectivity index (χ1v) is 7.00. The third-order valence-corrected chi connectivity index (χ3v) is 4.28. The number of carboxylic acids is 1. The van der Waals surface area contributed by atoms with Crippen LogP contribution in [0.2, 0.25) is 5.02 Å². The van der Waals surface area contributed by atoms with Crippen molar-refractivity contribution >= 4 is 17.6 Å². The molecular weight excluding hydrogens is 281 g/mol. The van der Waals surface area contributed by atoms with Crippen LogP contribution >= 0.6 is 11.6 Å². The molecule has 0 unspecified atom stereocenters. The summed E-state index contributed by atoms with van der Waals surface area (Å²) >= 11 is 6.09. The molecule has 1 heterocycles. The molecule has 0 saturated carbocycles. The molecule has 2 atom stereocenters. The van der Waals surface area contributed by atoms with E-state index in [0.717, 1.165) is 0 Å². The average Bonchev–Trinajstić information content (AvgIpc) is 2.73. The van der Waals surface area contributed by atoms with E-state index in [1.54, 1.807) is 6.07 Å². The molecule has 110 valence electrons. The first kappa shape index (κ1) is 15.3. The number of hydrogen-bond donors (Lipinski definition) is 1. The van der Waals surface area contributed by atoms with Crippen LogP contribution in [0.5, 0.6) is 0 Å². The molecule has 1 aromatic carbocycles. The highest BCUT2D eigenvalue weighted by atomic mass is 35.5. The predicted octanol–water partition coefficient (Wildman–Crippen LogP) is 3.38. The molecule has 1 aliphatic rings. The van der Waals surface area contributed by atoms with Crippen molar-refractivity contribution in [2.75, 3.05) is 13.1 Å². The Morgan fingerprint density at radius 1 is 1.40 bits per heavy atom. The third-order valence-electron chi connectivity index (χ3n) is 3.95. The molecule has 5 heteroatoms. The molecule has 1 aromatic rings. The molecule has 0 bridgehead atoms. The number of rotatable bonds is 2. The van der Waals surface area contributed by atoms with Crippen LogP contribution in [0.1, 0.15) is 32.3 Å². The third kappa shape index (κ3) is 2.96. The van der Waals surface area contributed by atoms with Crippen LogP contribution in [-0.2, 0) is 4.79 Å². The van der Waals surface area contributed by atoms with E-state index in [0.29, 0.717) is 23.7 Å². The molecular formula is C15H19ClFNO2. The molecule has 20 heavy (non-hydrogen) atoms. The lowest BCUT2D eigenvalue weighted by Gasteiger charge is -2.31. The van der Waals surface area contributed by atoms with Gasteiger partial charge in [0.05, 0.1) is 5.92 Å². The van der Waals surface area contributed by atoms with E-state index in [-0.39, 0.29) is 11.5 Å². The number of nitrogens with zero attached hydrogens (tertiary/aromatic N) is 1. The van der Waals surface area contributed by atoms with Crippen LogP contribution in [0.25, 0.3) is 0 Å². The van der Waals surface area contributed by atoms with Crippen molar-refractivity contribution in [2.45, 2.75) is 32.2 Å². The van der Waals surface area contributed by atoms with Gasteiger partial charge in [-0.05, 0) is 38.5 Å². The number of benzene rings is 1. The summed E-state index contributed by atoms with van der Waals surface area (Å²) in [5, 5.41) is 9.73. The van der Waals surface area contributed by atoms with Gasteiger partial charge in [-0.2, -0.15) is 0 Å². The van der Waals surface area contributed by atoms with Crippen molar-refractivity contribution in [3.63, 3.8) is 0 Å². The van der Waals surface area contributed by atoms with E-state index in [1.165, 1.54) is 12.1 Å². The second kappa shape index (κ2) is 5.34. The molecule has 0 aromatic heterocycles. The maximum absolute atomic E-state index is 13.1. The fourth-order valence-electron chi connectivity index (χ4n) is 2.72. The van der Waals surface area contributed by atoms with Crippen molar-refractivity contribution in [3.8, 4) is 0 Å². The first-order chi connectivity index (χ1) is 9.20. The van der Waals surface area contributed by atoms with E-state index >= 15 is 0 Å². The number of hydrogen-bond acceptors (Lipinski definition) is 2. The summed E-state index contributed by atoms with van der Waals surface area (Å²) in [4.78, 5) is 13.6. The second-order valence-electron chi connectivity index (χ2n) is 6.29. The minimum atomic E-state index is -0.831. The van der Waals surface area contributed by atoms with Crippen LogP contribution in [0, 0.1) is 11.7 Å². The summed E-state index contributed by atoms with van der Waals surface area (Å²) in [6.07, 6.45) is 0. The number of halogens is 2. The topological polar surface area (TPSA) is 40.5 Å². The summed E-state index contributed by atoms with van der Waals surface area (Å²) in [5.74, 6) is -1.96.